The number of halogens is 1. The summed E-state index contributed by atoms with van der Waals surface area (Å²) in [5.74, 6) is -1.79. The first-order valence-corrected chi connectivity index (χ1v) is 8.08. The van der Waals surface area contributed by atoms with Crippen LogP contribution in [-0.2, 0) is 9.53 Å². The van der Waals surface area contributed by atoms with Gasteiger partial charge in [-0.05, 0) is 57.7 Å². The third-order valence-corrected chi connectivity index (χ3v) is 4.12. The summed E-state index contributed by atoms with van der Waals surface area (Å²) in [4.78, 5) is 25.5. The van der Waals surface area contributed by atoms with Crippen LogP contribution in [0.1, 0.15) is 50.7 Å². The maximum Gasteiger partial charge on any atom is 0.411 e. The van der Waals surface area contributed by atoms with Gasteiger partial charge in [0.15, 0.2) is 0 Å². The SMILES string of the molecule is Cc1cc([C@H]2CCCN(C(=O)OC(C)(C)C)[C@@H]2C(=O)O)ccc1F. The number of hydrogen-bond acceptors (Lipinski definition) is 3. The lowest BCUT2D eigenvalue weighted by molar-refractivity contribution is -0.145. The van der Waals surface area contributed by atoms with Gasteiger partial charge in [0.05, 0.1) is 0 Å². The fourth-order valence-corrected chi connectivity index (χ4v) is 3.07. The fraction of sp³-hybridized carbons (Fsp3) is 0.556. The first-order valence-electron chi connectivity index (χ1n) is 8.08. The van der Waals surface area contributed by atoms with Gasteiger partial charge in [0.25, 0.3) is 0 Å². The lowest BCUT2D eigenvalue weighted by Crippen LogP contribution is -2.53. The number of carbonyl (C=O) groups is 2. The number of likely N-dealkylation sites (tertiary alicyclic amines) is 1. The van der Waals surface area contributed by atoms with E-state index in [4.69, 9.17) is 4.74 Å². The average molecular weight is 337 g/mol. The molecule has 1 aromatic rings. The summed E-state index contributed by atoms with van der Waals surface area (Å²) in [7, 11) is 0. The third kappa shape index (κ3) is 4.04. The summed E-state index contributed by atoms with van der Waals surface area (Å²) in [5.41, 5.74) is 0.500. The smallest absolute Gasteiger partial charge is 0.411 e. The quantitative estimate of drug-likeness (QED) is 0.893. The minimum atomic E-state index is -1.08. The van der Waals surface area contributed by atoms with Gasteiger partial charge in [0.1, 0.15) is 17.5 Å². The lowest BCUT2D eigenvalue weighted by Gasteiger charge is -2.39. The van der Waals surface area contributed by atoms with Crippen molar-refractivity contribution < 1.29 is 23.8 Å². The molecule has 0 spiro atoms. The van der Waals surface area contributed by atoms with Crippen molar-refractivity contribution in [2.75, 3.05) is 6.54 Å². The first-order chi connectivity index (χ1) is 11.1. The molecule has 1 aliphatic heterocycles. The Balaban J connectivity index is 2.33. The summed E-state index contributed by atoms with van der Waals surface area (Å²) >= 11 is 0. The Bertz CT molecular complexity index is 638. The van der Waals surface area contributed by atoms with Gasteiger partial charge in [0.2, 0.25) is 0 Å². The number of piperidine rings is 1. The van der Waals surface area contributed by atoms with Gasteiger partial charge in [-0.3, -0.25) is 4.90 Å². The van der Waals surface area contributed by atoms with Crippen molar-refractivity contribution in [1.82, 2.24) is 4.90 Å². The molecule has 24 heavy (non-hydrogen) atoms. The predicted octanol–water partition coefficient (Wildman–Crippen LogP) is 3.70. The summed E-state index contributed by atoms with van der Waals surface area (Å²) in [6.07, 6.45) is 0.671. The van der Waals surface area contributed by atoms with E-state index in [0.717, 1.165) is 5.56 Å². The van der Waals surface area contributed by atoms with Crippen LogP contribution in [0, 0.1) is 12.7 Å². The second-order valence-electron chi connectivity index (χ2n) is 7.21. The van der Waals surface area contributed by atoms with Gasteiger partial charge < -0.3 is 9.84 Å². The van der Waals surface area contributed by atoms with Gasteiger partial charge >= 0.3 is 12.1 Å². The molecule has 1 saturated heterocycles. The van der Waals surface area contributed by atoms with Crippen molar-refractivity contribution >= 4 is 12.1 Å². The molecule has 0 saturated carbocycles. The van der Waals surface area contributed by atoms with Crippen LogP contribution in [0.25, 0.3) is 0 Å². The van der Waals surface area contributed by atoms with Crippen LogP contribution < -0.4 is 0 Å². The Kier molecular flexibility index (Phi) is 5.16. The molecule has 1 amide bonds. The molecule has 2 atom stereocenters. The van der Waals surface area contributed by atoms with Gasteiger partial charge in [-0.15, -0.1) is 0 Å². The Morgan fingerprint density at radius 2 is 2.00 bits per heavy atom. The molecule has 5 nitrogen and oxygen atoms in total. The molecular formula is C18H24FNO4. The number of aryl methyl sites for hydroxylation is 1. The molecule has 0 aromatic heterocycles. The van der Waals surface area contributed by atoms with Gasteiger partial charge in [-0.1, -0.05) is 12.1 Å². The number of carboxylic acids is 1. The van der Waals surface area contributed by atoms with E-state index >= 15 is 0 Å². The Labute approximate surface area is 141 Å². The van der Waals surface area contributed by atoms with Crippen LogP contribution in [0.5, 0.6) is 0 Å². The zero-order valence-electron chi connectivity index (χ0n) is 14.5. The van der Waals surface area contributed by atoms with Crippen LogP contribution in [0.15, 0.2) is 18.2 Å². The molecule has 0 bridgehead atoms. The van der Waals surface area contributed by atoms with E-state index in [9.17, 15) is 19.1 Å². The Morgan fingerprint density at radius 3 is 2.54 bits per heavy atom. The summed E-state index contributed by atoms with van der Waals surface area (Å²) in [5, 5.41) is 9.69. The van der Waals surface area contributed by atoms with Gasteiger partial charge in [0, 0.05) is 12.5 Å². The maximum atomic E-state index is 13.5. The highest BCUT2D eigenvalue weighted by atomic mass is 19.1. The molecule has 1 N–H and O–H groups in total. The molecule has 1 fully saturated rings. The summed E-state index contributed by atoms with van der Waals surface area (Å²) in [6, 6.07) is 3.59. The highest BCUT2D eigenvalue weighted by Crippen LogP contribution is 2.34. The molecule has 0 aliphatic carbocycles. The van der Waals surface area contributed by atoms with Crippen molar-refractivity contribution in [2.24, 2.45) is 0 Å². The monoisotopic (exact) mass is 337 g/mol. The topological polar surface area (TPSA) is 66.8 Å². The number of nitrogens with zero attached hydrogens (tertiary/aromatic N) is 1. The third-order valence-electron chi connectivity index (χ3n) is 4.12. The molecular weight excluding hydrogens is 313 g/mol. The summed E-state index contributed by atoms with van der Waals surface area (Å²) in [6.45, 7) is 7.20. The van der Waals surface area contributed by atoms with Crippen LogP contribution in [0.4, 0.5) is 9.18 Å². The number of amides is 1. The molecule has 1 heterocycles. The number of carbonyl (C=O) groups excluding carboxylic acids is 1. The largest absolute Gasteiger partial charge is 0.480 e. The van der Waals surface area contributed by atoms with Crippen LogP contribution in [-0.4, -0.2) is 40.3 Å². The number of hydrogen-bond donors (Lipinski definition) is 1. The number of carboxylic acid groups (broad SMARTS) is 1. The van der Waals surface area contributed by atoms with E-state index in [2.05, 4.69) is 0 Å². The molecule has 6 heteroatoms. The highest BCUT2D eigenvalue weighted by molar-refractivity contribution is 5.81. The van der Waals surface area contributed by atoms with Crippen LogP contribution >= 0.6 is 0 Å². The second kappa shape index (κ2) is 6.79. The van der Waals surface area contributed by atoms with E-state index < -0.39 is 23.7 Å². The average Bonchev–Trinajstić information content (AvgIpc) is 2.47. The van der Waals surface area contributed by atoms with Crippen LogP contribution in [0.3, 0.4) is 0 Å². The highest BCUT2D eigenvalue weighted by Gasteiger charge is 2.41. The van der Waals surface area contributed by atoms with Crippen molar-refractivity contribution in [3.63, 3.8) is 0 Å². The zero-order chi connectivity index (χ0) is 18.1. The Morgan fingerprint density at radius 1 is 1.33 bits per heavy atom. The van der Waals surface area contributed by atoms with E-state index in [-0.39, 0.29) is 11.7 Å². The maximum absolute atomic E-state index is 13.5. The molecule has 1 aliphatic rings. The van der Waals surface area contributed by atoms with E-state index in [1.54, 1.807) is 39.8 Å². The minimum absolute atomic E-state index is 0.328. The second-order valence-corrected chi connectivity index (χ2v) is 7.21. The molecule has 132 valence electrons. The molecule has 0 radical (unpaired) electrons. The standard InChI is InChI=1S/C18H24FNO4/c1-11-10-12(7-8-14(11)19)13-6-5-9-20(15(13)16(21)22)17(23)24-18(2,3)4/h7-8,10,13,15H,5-6,9H2,1-4H3,(H,21,22)/t13-,15+/m1/s1. The van der Waals surface area contributed by atoms with E-state index in [1.165, 1.54) is 11.0 Å². The molecule has 2 rings (SSSR count). The van der Waals surface area contributed by atoms with E-state index in [0.29, 0.717) is 24.9 Å². The molecule has 0 unspecified atom stereocenters. The number of ether oxygens (including phenoxy) is 1. The zero-order valence-corrected chi connectivity index (χ0v) is 14.5. The number of aliphatic carboxylic acids is 1. The van der Waals surface area contributed by atoms with Crippen molar-refractivity contribution in [3.05, 3.63) is 35.1 Å². The lowest BCUT2D eigenvalue weighted by atomic mass is 9.83. The summed E-state index contributed by atoms with van der Waals surface area (Å²) < 4.78 is 18.9. The Hall–Kier alpha value is -2.11. The van der Waals surface area contributed by atoms with Gasteiger partial charge in [-0.2, -0.15) is 0 Å². The van der Waals surface area contributed by atoms with E-state index in [1.807, 2.05) is 0 Å². The van der Waals surface area contributed by atoms with Gasteiger partial charge in [-0.25, -0.2) is 14.0 Å². The number of benzene rings is 1. The van der Waals surface area contributed by atoms with Crippen molar-refractivity contribution in [1.29, 1.82) is 0 Å². The number of rotatable bonds is 2. The normalized spacial score (nSPS) is 21.5. The minimum Gasteiger partial charge on any atom is -0.480 e. The van der Waals surface area contributed by atoms with Crippen LogP contribution in [0.2, 0.25) is 0 Å². The predicted molar refractivity (Wildman–Crippen MR) is 87.5 cm³/mol. The van der Waals surface area contributed by atoms with Crippen molar-refractivity contribution in [3.8, 4) is 0 Å². The molecule has 1 aromatic carbocycles. The fourth-order valence-electron chi connectivity index (χ4n) is 3.07. The van der Waals surface area contributed by atoms with Crippen molar-refractivity contribution in [2.45, 2.75) is 58.1 Å². The first kappa shape index (κ1) is 18.2.